The van der Waals surface area contributed by atoms with E-state index in [1.165, 1.54) is 115 Å². The quantitative estimate of drug-likeness (QED) is 0.0949. The third kappa shape index (κ3) is 10.3. The Morgan fingerprint density at radius 2 is 0.605 bits per heavy atom. The molecule has 0 bridgehead atoms. The van der Waals surface area contributed by atoms with Gasteiger partial charge in [0.1, 0.15) is 0 Å². The van der Waals surface area contributed by atoms with Crippen molar-refractivity contribution in [1.29, 1.82) is 0 Å². The van der Waals surface area contributed by atoms with E-state index in [-0.39, 0.29) is 0 Å². The minimum atomic E-state index is -2.03. The second kappa shape index (κ2) is 19.2. The van der Waals surface area contributed by atoms with Gasteiger partial charge in [-0.2, -0.15) is 0 Å². The summed E-state index contributed by atoms with van der Waals surface area (Å²) in [5.41, 5.74) is 0. The molecule has 0 saturated heterocycles. The maximum atomic E-state index is 2.39. The van der Waals surface area contributed by atoms with Crippen LogP contribution in [0.3, 0.4) is 0 Å². The summed E-state index contributed by atoms with van der Waals surface area (Å²) in [6.07, 6.45) is 25.6. The van der Waals surface area contributed by atoms with Crippen LogP contribution in [-0.2, 0) is 0 Å². The molecule has 0 amide bonds. The summed E-state index contributed by atoms with van der Waals surface area (Å²) in [7, 11) is -2.03. The second-order valence-corrected chi connectivity index (χ2v) is 15.5. The molecule has 0 unspecified atom stereocenters. The Kier molecular flexibility index (Phi) is 15.5. The summed E-state index contributed by atoms with van der Waals surface area (Å²) in [4.78, 5) is 0. The van der Waals surface area contributed by atoms with Crippen LogP contribution in [-0.4, -0.2) is 6.16 Å². The molecule has 1 heteroatoms. The van der Waals surface area contributed by atoms with Crippen LogP contribution in [0.15, 0.2) is 91.0 Å². The van der Waals surface area contributed by atoms with Gasteiger partial charge in [0.05, 0.1) is 0 Å². The average molecular weight is 531 g/mol. The van der Waals surface area contributed by atoms with E-state index in [2.05, 4.69) is 97.9 Å². The van der Waals surface area contributed by atoms with Crippen LogP contribution in [0.4, 0.5) is 0 Å². The molecule has 0 fully saturated rings. The summed E-state index contributed by atoms with van der Waals surface area (Å²) < 4.78 is 0. The van der Waals surface area contributed by atoms with Gasteiger partial charge < -0.3 is 0 Å². The normalized spacial score (nSPS) is 12.0. The molecule has 0 saturated carbocycles. The summed E-state index contributed by atoms with van der Waals surface area (Å²) >= 11 is 0. The van der Waals surface area contributed by atoms with Gasteiger partial charge in [0, 0.05) is 0 Å². The van der Waals surface area contributed by atoms with Crippen molar-refractivity contribution < 1.29 is 0 Å². The van der Waals surface area contributed by atoms with Crippen molar-refractivity contribution in [1.82, 2.24) is 0 Å². The molecule has 0 radical (unpaired) electrons. The molecule has 0 aliphatic rings. The first kappa shape index (κ1) is 30.6. The third-order valence-electron chi connectivity index (χ3n) is 8.46. The van der Waals surface area contributed by atoms with Crippen LogP contribution in [0.1, 0.15) is 116 Å². The predicted octanol–water partition coefficient (Wildman–Crippen LogP) is 10.4. The van der Waals surface area contributed by atoms with Gasteiger partial charge >= 0.3 is 191 Å². The summed E-state index contributed by atoms with van der Waals surface area (Å²) in [6.45, 7) is 2.30. The Labute approximate surface area is 236 Å². The molecular formula is C37H55P. The molecule has 0 aromatic heterocycles. The topological polar surface area (TPSA) is 0 Å². The molecule has 3 aromatic rings. The van der Waals surface area contributed by atoms with E-state index < -0.39 is 7.26 Å². The predicted molar refractivity (Wildman–Crippen MR) is 176 cm³/mol. The van der Waals surface area contributed by atoms with E-state index in [0.717, 1.165) is 0 Å². The molecule has 3 aromatic carbocycles. The van der Waals surface area contributed by atoms with Crippen molar-refractivity contribution in [2.45, 2.75) is 116 Å². The van der Waals surface area contributed by atoms with Crippen LogP contribution >= 0.6 is 7.26 Å². The van der Waals surface area contributed by atoms with Crippen molar-refractivity contribution in [2.24, 2.45) is 0 Å². The number of rotatable bonds is 21. The van der Waals surface area contributed by atoms with Crippen molar-refractivity contribution in [2.75, 3.05) is 6.16 Å². The standard InChI is InChI=1S/C37H55P/c1-2-3-4-5-6-7-8-9-10-11-12-13-14-15-16-17-27-34-38(35-28-21-18-22-29-35,36-30-23-19-24-31-36)37-32-25-20-26-33-37/h18-26,28-33,38H,2-17,27,34H2,1H3. The molecule has 0 nitrogen and oxygen atoms in total. The summed E-state index contributed by atoms with van der Waals surface area (Å²) in [5.74, 6) is 0. The molecule has 0 atom stereocenters. The summed E-state index contributed by atoms with van der Waals surface area (Å²) in [6, 6.07) is 34.2. The number of unbranched alkanes of at least 4 members (excludes halogenated alkanes) is 16. The monoisotopic (exact) mass is 530 g/mol. The zero-order valence-corrected chi connectivity index (χ0v) is 25.4. The zero-order chi connectivity index (χ0) is 26.6. The third-order valence-corrected chi connectivity index (χ3v) is 13.5. The van der Waals surface area contributed by atoms with Crippen LogP contribution in [0.25, 0.3) is 0 Å². The van der Waals surface area contributed by atoms with Gasteiger partial charge in [-0.1, -0.05) is 45.4 Å². The second-order valence-electron chi connectivity index (χ2n) is 11.4. The Morgan fingerprint density at radius 3 is 0.895 bits per heavy atom. The van der Waals surface area contributed by atoms with Gasteiger partial charge in [0.15, 0.2) is 0 Å². The van der Waals surface area contributed by atoms with E-state index in [0.29, 0.717) is 0 Å². The first-order chi connectivity index (χ1) is 18.9. The van der Waals surface area contributed by atoms with Gasteiger partial charge in [0.2, 0.25) is 0 Å². The molecule has 0 aliphatic carbocycles. The van der Waals surface area contributed by atoms with Crippen molar-refractivity contribution in [3.63, 3.8) is 0 Å². The molecule has 0 heterocycles. The SMILES string of the molecule is CCCCCCCCCCCCCCCCCCC[PH](c1ccccc1)(c1ccccc1)c1ccccc1. The van der Waals surface area contributed by atoms with Crippen LogP contribution in [0.2, 0.25) is 0 Å². The van der Waals surface area contributed by atoms with Crippen LogP contribution in [0, 0.1) is 0 Å². The fraction of sp³-hybridized carbons (Fsp3) is 0.514. The Bertz CT molecular complexity index is 838. The first-order valence-corrected chi connectivity index (χ1v) is 18.2. The van der Waals surface area contributed by atoms with E-state index in [1.54, 1.807) is 15.9 Å². The van der Waals surface area contributed by atoms with Crippen molar-refractivity contribution >= 4 is 23.2 Å². The van der Waals surface area contributed by atoms with Gasteiger partial charge in [-0.25, -0.2) is 0 Å². The Morgan fingerprint density at radius 1 is 0.342 bits per heavy atom. The van der Waals surface area contributed by atoms with E-state index in [1.807, 2.05) is 0 Å². The molecule has 0 aliphatic heterocycles. The van der Waals surface area contributed by atoms with Gasteiger partial charge in [-0.15, -0.1) is 0 Å². The van der Waals surface area contributed by atoms with E-state index >= 15 is 0 Å². The minimum absolute atomic E-state index is 1.30. The van der Waals surface area contributed by atoms with Crippen molar-refractivity contribution in [3.8, 4) is 0 Å². The van der Waals surface area contributed by atoms with Crippen molar-refractivity contribution in [3.05, 3.63) is 91.0 Å². The molecular weight excluding hydrogens is 475 g/mol. The van der Waals surface area contributed by atoms with Gasteiger partial charge in [-0.3, -0.25) is 0 Å². The van der Waals surface area contributed by atoms with Gasteiger partial charge in [0.25, 0.3) is 0 Å². The first-order valence-electron chi connectivity index (χ1n) is 16.0. The Hall–Kier alpha value is -1.91. The summed E-state index contributed by atoms with van der Waals surface area (Å²) in [5, 5.41) is 4.65. The van der Waals surface area contributed by atoms with Gasteiger partial charge in [-0.05, 0) is 0 Å². The van der Waals surface area contributed by atoms with E-state index in [4.69, 9.17) is 0 Å². The fourth-order valence-electron chi connectivity index (χ4n) is 6.22. The zero-order valence-electron chi connectivity index (χ0n) is 24.4. The van der Waals surface area contributed by atoms with E-state index in [9.17, 15) is 0 Å². The molecule has 3 rings (SSSR count). The molecule has 208 valence electrons. The number of hydrogen-bond donors (Lipinski definition) is 0. The molecule has 38 heavy (non-hydrogen) atoms. The molecule has 0 spiro atoms. The number of hydrogen-bond acceptors (Lipinski definition) is 0. The fourth-order valence-corrected chi connectivity index (χ4v) is 11.1. The average Bonchev–Trinajstić information content (AvgIpc) is 2.98. The Balaban J connectivity index is 1.38. The maximum absolute atomic E-state index is 2.39. The number of benzene rings is 3. The molecule has 0 N–H and O–H groups in total. The van der Waals surface area contributed by atoms with Crippen LogP contribution in [0.5, 0.6) is 0 Å². The van der Waals surface area contributed by atoms with Crippen LogP contribution < -0.4 is 15.9 Å².